The number of hydrogen-bond acceptors (Lipinski definition) is 3. The van der Waals surface area contributed by atoms with Crippen LogP contribution in [0.5, 0.6) is 0 Å². The highest BCUT2D eigenvalue weighted by Gasteiger charge is 2.38. The predicted molar refractivity (Wildman–Crippen MR) is 63.7 cm³/mol. The van der Waals surface area contributed by atoms with E-state index in [0.717, 1.165) is 24.3 Å². The summed E-state index contributed by atoms with van der Waals surface area (Å²) in [6, 6.07) is 3.42. The minimum Gasteiger partial charge on any atom is -0.456 e. The topological polar surface area (TPSA) is 54.6 Å². The lowest BCUT2D eigenvalue weighted by molar-refractivity contribution is 0.0925. The molecule has 3 rings (SSSR count). The second-order valence-corrected chi connectivity index (χ2v) is 4.59. The van der Waals surface area contributed by atoms with E-state index in [0.29, 0.717) is 17.6 Å². The number of furan rings is 1. The number of fused-ring (bicyclic) bond motifs is 1. The van der Waals surface area contributed by atoms with Crippen LogP contribution in [0.25, 0.3) is 0 Å². The Bertz CT molecular complexity index is 513. The molecule has 0 radical (unpaired) electrons. The summed E-state index contributed by atoms with van der Waals surface area (Å²) < 4.78 is 5.22. The van der Waals surface area contributed by atoms with Gasteiger partial charge in [0.1, 0.15) is 5.76 Å². The molecule has 1 N–H and O–H groups in total. The fraction of sp³-hybridized carbons (Fsp3) is 0.385. The van der Waals surface area contributed by atoms with Crippen LogP contribution < -0.4 is 5.43 Å². The van der Waals surface area contributed by atoms with Gasteiger partial charge in [-0.1, -0.05) is 12.2 Å². The molecule has 0 spiro atoms. The first-order valence-electron chi connectivity index (χ1n) is 5.84. The molecule has 0 aliphatic heterocycles. The third kappa shape index (κ3) is 1.79. The van der Waals surface area contributed by atoms with Crippen LogP contribution in [-0.4, -0.2) is 11.6 Å². The van der Waals surface area contributed by atoms with Gasteiger partial charge in [0.2, 0.25) is 0 Å². The molecule has 1 amide bonds. The molecule has 1 saturated carbocycles. The minimum absolute atomic E-state index is 0.278. The predicted octanol–water partition coefficient (Wildman–Crippen LogP) is 2.27. The molecule has 2 unspecified atom stereocenters. The molecular formula is C13H14N2O2. The van der Waals surface area contributed by atoms with Crippen molar-refractivity contribution in [3.8, 4) is 0 Å². The minimum atomic E-state index is -0.278. The molecule has 2 aliphatic carbocycles. The number of allylic oxidation sites excluding steroid dienone is 2. The van der Waals surface area contributed by atoms with E-state index < -0.39 is 0 Å². The summed E-state index contributed by atoms with van der Waals surface area (Å²) in [7, 11) is 0. The van der Waals surface area contributed by atoms with Crippen LogP contribution in [0, 0.1) is 18.8 Å². The summed E-state index contributed by atoms with van der Waals surface area (Å²) >= 11 is 0. The summed E-state index contributed by atoms with van der Waals surface area (Å²) in [6.07, 6.45) is 6.45. The lowest BCUT2D eigenvalue weighted by Crippen LogP contribution is -2.35. The molecule has 4 nitrogen and oxygen atoms in total. The van der Waals surface area contributed by atoms with Gasteiger partial charge in [-0.3, -0.25) is 4.79 Å². The Balaban J connectivity index is 1.61. The number of hydrogen-bond donors (Lipinski definition) is 1. The van der Waals surface area contributed by atoms with Crippen molar-refractivity contribution < 1.29 is 9.21 Å². The van der Waals surface area contributed by atoms with Crippen LogP contribution in [0.1, 0.15) is 29.2 Å². The standard InChI is InChI=1S/C13H14N2O2/c1-8-5-6-12(17-8)13(16)15-14-11-7-9-3-2-4-10(9)11/h2-3,5-6,9-10H,4,7H2,1H3,(H,15,16)/b14-11-. The smallest absolute Gasteiger partial charge is 0.307 e. The van der Waals surface area contributed by atoms with E-state index in [9.17, 15) is 4.79 Å². The number of nitrogens with zero attached hydrogens (tertiary/aromatic N) is 1. The van der Waals surface area contributed by atoms with Gasteiger partial charge in [0.05, 0.1) is 0 Å². The van der Waals surface area contributed by atoms with Gasteiger partial charge in [-0.15, -0.1) is 0 Å². The van der Waals surface area contributed by atoms with Crippen LogP contribution in [-0.2, 0) is 0 Å². The molecule has 2 atom stereocenters. The van der Waals surface area contributed by atoms with Gasteiger partial charge in [0.15, 0.2) is 5.76 Å². The SMILES string of the molecule is Cc1ccc(C(=O)N/N=C2/CC3C=CCC23)o1. The first-order chi connectivity index (χ1) is 8.24. The van der Waals surface area contributed by atoms with E-state index in [1.807, 2.05) is 6.92 Å². The molecule has 1 aromatic heterocycles. The van der Waals surface area contributed by atoms with Gasteiger partial charge < -0.3 is 4.42 Å². The average Bonchev–Trinajstić information content (AvgIpc) is 2.86. The van der Waals surface area contributed by atoms with Crippen molar-refractivity contribution in [3.05, 3.63) is 35.8 Å². The fourth-order valence-electron chi connectivity index (χ4n) is 2.40. The van der Waals surface area contributed by atoms with E-state index in [1.54, 1.807) is 12.1 Å². The quantitative estimate of drug-likeness (QED) is 0.626. The monoisotopic (exact) mass is 230 g/mol. The lowest BCUT2D eigenvalue weighted by Gasteiger charge is -2.31. The number of amides is 1. The Morgan fingerprint density at radius 1 is 1.53 bits per heavy atom. The van der Waals surface area contributed by atoms with E-state index >= 15 is 0 Å². The largest absolute Gasteiger partial charge is 0.456 e. The number of carbonyl (C=O) groups excluding carboxylic acids is 1. The van der Waals surface area contributed by atoms with Crippen molar-refractivity contribution in [1.29, 1.82) is 0 Å². The van der Waals surface area contributed by atoms with Crippen LogP contribution in [0.2, 0.25) is 0 Å². The number of hydrazone groups is 1. The molecule has 4 heteroatoms. The second kappa shape index (κ2) is 3.87. The number of aryl methyl sites for hydroxylation is 1. The first-order valence-corrected chi connectivity index (χ1v) is 5.84. The van der Waals surface area contributed by atoms with Gasteiger partial charge >= 0.3 is 5.91 Å². The highest BCUT2D eigenvalue weighted by Crippen LogP contribution is 2.40. The van der Waals surface area contributed by atoms with Gasteiger partial charge in [-0.2, -0.15) is 5.10 Å². The number of carbonyl (C=O) groups is 1. The highest BCUT2D eigenvalue weighted by atomic mass is 16.3. The zero-order valence-electron chi connectivity index (χ0n) is 9.64. The summed E-state index contributed by atoms with van der Waals surface area (Å²) in [4.78, 5) is 11.7. The van der Waals surface area contributed by atoms with Crippen LogP contribution in [0.15, 0.2) is 33.8 Å². The molecule has 2 aliphatic rings. The van der Waals surface area contributed by atoms with Crippen molar-refractivity contribution in [3.63, 3.8) is 0 Å². The zero-order chi connectivity index (χ0) is 11.8. The maximum Gasteiger partial charge on any atom is 0.307 e. The first kappa shape index (κ1) is 10.3. The third-order valence-electron chi connectivity index (χ3n) is 3.43. The third-order valence-corrected chi connectivity index (χ3v) is 3.43. The van der Waals surface area contributed by atoms with Crippen LogP contribution in [0.3, 0.4) is 0 Å². The summed E-state index contributed by atoms with van der Waals surface area (Å²) in [5.41, 5.74) is 3.65. The Hall–Kier alpha value is -1.84. The molecule has 0 saturated heterocycles. The maximum atomic E-state index is 11.7. The zero-order valence-corrected chi connectivity index (χ0v) is 9.64. The fourth-order valence-corrected chi connectivity index (χ4v) is 2.40. The molecule has 0 bridgehead atoms. The second-order valence-electron chi connectivity index (χ2n) is 4.59. The summed E-state index contributed by atoms with van der Waals surface area (Å²) in [5.74, 6) is 1.93. The highest BCUT2D eigenvalue weighted by molar-refractivity contribution is 5.96. The molecule has 1 fully saturated rings. The molecular weight excluding hydrogens is 216 g/mol. The van der Waals surface area contributed by atoms with E-state index in [-0.39, 0.29) is 5.91 Å². The Morgan fingerprint density at radius 3 is 3.12 bits per heavy atom. The molecule has 1 aromatic rings. The molecule has 17 heavy (non-hydrogen) atoms. The normalized spacial score (nSPS) is 27.9. The van der Waals surface area contributed by atoms with E-state index in [2.05, 4.69) is 22.7 Å². The van der Waals surface area contributed by atoms with E-state index in [1.165, 1.54) is 0 Å². The number of nitrogens with one attached hydrogen (secondary N) is 1. The van der Waals surface area contributed by atoms with E-state index in [4.69, 9.17) is 4.42 Å². The van der Waals surface area contributed by atoms with Crippen LogP contribution in [0.4, 0.5) is 0 Å². The van der Waals surface area contributed by atoms with Crippen molar-refractivity contribution in [2.24, 2.45) is 16.9 Å². The van der Waals surface area contributed by atoms with Gasteiger partial charge in [0, 0.05) is 11.6 Å². The van der Waals surface area contributed by atoms with Crippen molar-refractivity contribution in [2.45, 2.75) is 19.8 Å². The number of rotatable bonds is 2. The molecule has 88 valence electrons. The summed E-state index contributed by atoms with van der Waals surface area (Å²) in [6.45, 7) is 1.81. The Morgan fingerprint density at radius 2 is 2.41 bits per heavy atom. The Labute approximate surface area is 99.4 Å². The van der Waals surface area contributed by atoms with Crippen LogP contribution >= 0.6 is 0 Å². The average molecular weight is 230 g/mol. The van der Waals surface area contributed by atoms with Gasteiger partial charge in [-0.05, 0) is 37.8 Å². The summed E-state index contributed by atoms with van der Waals surface area (Å²) in [5, 5.41) is 4.17. The van der Waals surface area contributed by atoms with Crippen molar-refractivity contribution in [1.82, 2.24) is 5.43 Å². The lowest BCUT2D eigenvalue weighted by atomic mass is 9.74. The van der Waals surface area contributed by atoms with Gasteiger partial charge in [0.25, 0.3) is 0 Å². The molecule has 0 aromatic carbocycles. The molecule has 1 heterocycles. The van der Waals surface area contributed by atoms with Crippen molar-refractivity contribution in [2.75, 3.05) is 0 Å². The maximum absolute atomic E-state index is 11.7. The van der Waals surface area contributed by atoms with Crippen molar-refractivity contribution >= 4 is 11.6 Å². The Kier molecular flexibility index (Phi) is 2.35. The van der Waals surface area contributed by atoms with Gasteiger partial charge in [-0.25, -0.2) is 5.43 Å².